The van der Waals surface area contributed by atoms with Crippen LogP contribution in [0, 0.1) is 17.3 Å². The van der Waals surface area contributed by atoms with Gasteiger partial charge in [0, 0.05) is 5.56 Å². The quantitative estimate of drug-likeness (QED) is 0.318. The van der Waals surface area contributed by atoms with Gasteiger partial charge in [-0.1, -0.05) is 44.7 Å². The Balaban J connectivity index is 1.95. The van der Waals surface area contributed by atoms with Gasteiger partial charge in [0.1, 0.15) is 6.61 Å². The van der Waals surface area contributed by atoms with Crippen molar-refractivity contribution in [1.82, 2.24) is 0 Å². The molecule has 0 aromatic heterocycles. The molecule has 5 heteroatoms. The van der Waals surface area contributed by atoms with Crippen LogP contribution in [-0.4, -0.2) is 65.1 Å². The lowest BCUT2D eigenvalue weighted by Gasteiger charge is -2.19. The van der Waals surface area contributed by atoms with Gasteiger partial charge in [-0.25, -0.2) is 0 Å². The molecule has 0 aliphatic rings. The minimum absolute atomic E-state index is 0.120. The second-order valence-electron chi connectivity index (χ2n) is 9.59. The molecule has 0 heterocycles. The molecule has 1 aromatic rings. The van der Waals surface area contributed by atoms with Crippen molar-refractivity contribution < 1.29 is 23.7 Å². The van der Waals surface area contributed by atoms with Gasteiger partial charge < -0.3 is 23.7 Å². The standard InChI is InChI=1S/C26H42O5/c1-25(2,3)22-24-10-7-9-23(21-24)11-8-12-27-13-14-28-15-16-29-17-18-30-19-20-31-26(4,5)6/h7,9-10,21H,12-20,22H2,1-6H3. The van der Waals surface area contributed by atoms with Crippen LogP contribution in [0.5, 0.6) is 0 Å². The number of hydrogen-bond donors (Lipinski definition) is 0. The monoisotopic (exact) mass is 434 g/mol. The highest BCUT2D eigenvalue weighted by molar-refractivity contribution is 5.37. The predicted octanol–water partition coefficient (Wildman–Crippen LogP) is 4.51. The second-order valence-corrected chi connectivity index (χ2v) is 9.59. The van der Waals surface area contributed by atoms with Gasteiger partial charge in [0.2, 0.25) is 0 Å². The Morgan fingerprint density at radius 3 is 1.81 bits per heavy atom. The number of hydrogen-bond acceptors (Lipinski definition) is 5. The van der Waals surface area contributed by atoms with Gasteiger partial charge in [-0.2, -0.15) is 0 Å². The maximum Gasteiger partial charge on any atom is 0.108 e. The molecule has 0 aliphatic carbocycles. The summed E-state index contributed by atoms with van der Waals surface area (Å²) >= 11 is 0. The third kappa shape index (κ3) is 17.9. The van der Waals surface area contributed by atoms with E-state index in [0.29, 0.717) is 59.5 Å². The molecule has 0 radical (unpaired) electrons. The maximum atomic E-state index is 5.57. The summed E-state index contributed by atoms with van der Waals surface area (Å²) in [5.74, 6) is 6.23. The van der Waals surface area contributed by atoms with Gasteiger partial charge in [0.05, 0.1) is 58.5 Å². The van der Waals surface area contributed by atoms with Gasteiger partial charge >= 0.3 is 0 Å². The van der Waals surface area contributed by atoms with Crippen LogP contribution in [0.3, 0.4) is 0 Å². The third-order valence-corrected chi connectivity index (χ3v) is 3.95. The van der Waals surface area contributed by atoms with Gasteiger partial charge in [-0.05, 0) is 50.3 Å². The van der Waals surface area contributed by atoms with Crippen LogP contribution in [0.1, 0.15) is 52.7 Å². The summed E-state index contributed by atoms with van der Waals surface area (Å²) in [6.45, 7) is 17.7. The molecule has 31 heavy (non-hydrogen) atoms. The molecule has 0 N–H and O–H groups in total. The highest BCUT2D eigenvalue weighted by Gasteiger charge is 2.11. The number of benzene rings is 1. The van der Waals surface area contributed by atoms with Crippen molar-refractivity contribution in [1.29, 1.82) is 0 Å². The molecule has 0 saturated carbocycles. The zero-order chi connectivity index (χ0) is 23.0. The SMILES string of the molecule is CC(C)(C)Cc1cccc(C#CCOCCOCCOCCOCCOC(C)(C)C)c1. The summed E-state index contributed by atoms with van der Waals surface area (Å²) < 4.78 is 27.5. The van der Waals surface area contributed by atoms with Crippen molar-refractivity contribution in [2.45, 2.75) is 53.6 Å². The Labute approximate surface area is 189 Å². The third-order valence-electron chi connectivity index (χ3n) is 3.95. The Bertz CT molecular complexity index is 646. The molecule has 0 amide bonds. The van der Waals surface area contributed by atoms with Crippen molar-refractivity contribution in [3.8, 4) is 11.8 Å². The van der Waals surface area contributed by atoms with E-state index in [0.717, 1.165) is 12.0 Å². The average Bonchev–Trinajstić information content (AvgIpc) is 2.66. The van der Waals surface area contributed by atoms with Gasteiger partial charge in [-0.3, -0.25) is 0 Å². The first kappa shape index (κ1) is 27.6. The summed E-state index contributed by atoms with van der Waals surface area (Å²) in [5, 5.41) is 0. The van der Waals surface area contributed by atoms with Gasteiger partial charge in [-0.15, -0.1) is 0 Å². The van der Waals surface area contributed by atoms with Crippen LogP contribution in [0.15, 0.2) is 24.3 Å². The highest BCUT2D eigenvalue weighted by Crippen LogP contribution is 2.20. The molecule has 0 fully saturated rings. The van der Waals surface area contributed by atoms with Crippen LogP contribution in [0.4, 0.5) is 0 Å². The molecular formula is C26H42O5. The van der Waals surface area contributed by atoms with E-state index in [1.54, 1.807) is 0 Å². The zero-order valence-electron chi connectivity index (χ0n) is 20.4. The largest absolute Gasteiger partial charge is 0.377 e. The summed E-state index contributed by atoms with van der Waals surface area (Å²) in [7, 11) is 0. The van der Waals surface area contributed by atoms with Crippen molar-refractivity contribution in [3.05, 3.63) is 35.4 Å². The van der Waals surface area contributed by atoms with E-state index in [9.17, 15) is 0 Å². The Morgan fingerprint density at radius 2 is 1.26 bits per heavy atom. The molecule has 0 atom stereocenters. The fraction of sp³-hybridized carbons (Fsp3) is 0.692. The van der Waals surface area contributed by atoms with Crippen molar-refractivity contribution in [2.75, 3.05) is 59.5 Å². The van der Waals surface area contributed by atoms with Crippen LogP contribution in [0.2, 0.25) is 0 Å². The summed E-state index contributed by atoms with van der Waals surface area (Å²) in [6.07, 6.45) is 1.04. The lowest BCUT2D eigenvalue weighted by atomic mass is 9.88. The molecule has 5 nitrogen and oxygen atoms in total. The van der Waals surface area contributed by atoms with Crippen molar-refractivity contribution >= 4 is 0 Å². The maximum absolute atomic E-state index is 5.57. The smallest absolute Gasteiger partial charge is 0.108 e. The fourth-order valence-electron chi connectivity index (χ4n) is 2.70. The summed E-state index contributed by atoms with van der Waals surface area (Å²) in [4.78, 5) is 0. The molecule has 0 saturated heterocycles. The topological polar surface area (TPSA) is 46.2 Å². The average molecular weight is 435 g/mol. The zero-order valence-corrected chi connectivity index (χ0v) is 20.4. The van der Waals surface area contributed by atoms with Crippen LogP contribution in [0.25, 0.3) is 0 Å². The molecule has 0 bridgehead atoms. The minimum atomic E-state index is -0.120. The Hall–Kier alpha value is -1.42. The number of ether oxygens (including phenoxy) is 5. The van der Waals surface area contributed by atoms with Gasteiger partial charge in [0.25, 0.3) is 0 Å². The number of rotatable bonds is 14. The fourth-order valence-corrected chi connectivity index (χ4v) is 2.70. The van der Waals surface area contributed by atoms with Crippen LogP contribution < -0.4 is 0 Å². The van der Waals surface area contributed by atoms with Crippen LogP contribution in [-0.2, 0) is 30.1 Å². The van der Waals surface area contributed by atoms with E-state index in [1.165, 1.54) is 5.56 Å². The van der Waals surface area contributed by atoms with E-state index in [4.69, 9.17) is 23.7 Å². The van der Waals surface area contributed by atoms with E-state index < -0.39 is 0 Å². The predicted molar refractivity (Wildman–Crippen MR) is 125 cm³/mol. The molecule has 0 unspecified atom stereocenters. The summed E-state index contributed by atoms with van der Waals surface area (Å²) in [6, 6.07) is 8.42. The molecule has 1 aromatic carbocycles. The van der Waals surface area contributed by atoms with E-state index in [1.807, 2.05) is 26.8 Å². The second kappa shape index (κ2) is 15.4. The summed E-state index contributed by atoms with van der Waals surface area (Å²) in [5.41, 5.74) is 2.50. The minimum Gasteiger partial charge on any atom is -0.377 e. The first-order chi connectivity index (χ1) is 14.7. The molecule has 0 spiro atoms. The van der Waals surface area contributed by atoms with E-state index in [-0.39, 0.29) is 11.0 Å². The molecule has 1 rings (SSSR count). The Morgan fingerprint density at radius 1 is 0.710 bits per heavy atom. The highest BCUT2D eigenvalue weighted by atomic mass is 16.6. The molecule has 176 valence electrons. The van der Waals surface area contributed by atoms with Crippen molar-refractivity contribution in [2.24, 2.45) is 5.41 Å². The lowest BCUT2D eigenvalue weighted by Crippen LogP contribution is -2.22. The van der Waals surface area contributed by atoms with Crippen LogP contribution >= 0.6 is 0 Å². The lowest BCUT2D eigenvalue weighted by molar-refractivity contribution is -0.0458. The van der Waals surface area contributed by atoms with E-state index in [2.05, 4.69) is 50.8 Å². The van der Waals surface area contributed by atoms with Gasteiger partial charge in [0.15, 0.2) is 0 Å². The van der Waals surface area contributed by atoms with Crippen molar-refractivity contribution in [3.63, 3.8) is 0 Å². The molecular weight excluding hydrogens is 392 g/mol. The first-order valence-corrected chi connectivity index (χ1v) is 11.2. The first-order valence-electron chi connectivity index (χ1n) is 11.2. The normalized spacial score (nSPS) is 11.9. The van der Waals surface area contributed by atoms with E-state index >= 15 is 0 Å². The Kier molecular flexibility index (Phi) is 13.7. The molecule has 0 aliphatic heterocycles.